The Labute approximate surface area is 124 Å². The first-order valence-electron chi connectivity index (χ1n) is 9.22. The molecule has 6 unspecified atom stereocenters. The molecule has 0 amide bonds. The molecule has 3 saturated carbocycles. The summed E-state index contributed by atoms with van der Waals surface area (Å²) in [6.07, 6.45) is 13.5. The SMILES string of the molecule is CN(CC1CC2CCCCC2N1)CC1CC2CCC1C2. The van der Waals surface area contributed by atoms with Crippen LogP contribution in [0.4, 0.5) is 0 Å². The topological polar surface area (TPSA) is 15.3 Å². The van der Waals surface area contributed by atoms with Crippen LogP contribution in [0, 0.1) is 23.7 Å². The fraction of sp³-hybridized carbons (Fsp3) is 1.00. The number of nitrogens with zero attached hydrogens (tertiary/aromatic N) is 1. The summed E-state index contributed by atoms with van der Waals surface area (Å²) >= 11 is 0. The van der Waals surface area contributed by atoms with E-state index in [4.69, 9.17) is 0 Å². The van der Waals surface area contributed by atoms with Crippen molar-refractivity contribution in [2.45, 2.75) is 69.9 Å². The average molecular weight is 276 g/mol. The molecule has 2 nitrogen and oxygen atoms in total. The number of fused-ring (bicyclic) bond motifs is 3. The zero-order chi connectivity index (χ0) is 13.5. The molecular formula is C18H32N2. The average Bonchev–Trinajstić information content (AvgIpc) is 3.11. The molecule has 3 aliphatic carbocycles. The minimum absolute atomic E-state index is 0.784. The summed E-state index contributed by atoms with van der Waals surface area (Å²) in [5.41, 5.74) is 0. The highest BCUT2D eigenvalue weighted by molar-refractivity contribution is 4.95. The fourth-order valence-electron chi connectivity index (χ4n) is 6.02. The number of hydrogen-bond acceptors (Lipinski definition) is 2. The molecule has 1 heterocycles. The minimum Gasteiger partial charge on any atom is -0.310 e. The first-order chi connectivity index (χ1) is 9.78. The van der Waals surface area contributed by atoms with E-state index in [-0.39, 0.29) is 0 Å². The minimum atomic E-state index is 0.784. The second kappa shape index (κ2) is 5.61. The van der Waals surface area contributed by atoms with E-state index >= 15 is 0 Å². The molecule has 0 spiro atoms. The number of nitrogens with one attached hydrogen (secondary N) is 1. The Morgan fingerprint density at radius 1 is 0.900 bits per heavy atom. The summed E-state index contributed by atoms with van der Waals surface area (Å²) < 4.78 is 0. The first kappa shape index (κ1) is 13.6. The Morgan fingerprint density at radius 3 is 2.55 bits per heavy atom. The molecule has 1 aliphatic heterocycles. The summed E-state index contributed by atoms with van der Waals surface area (Å²) in [7, 11) is 2.37. The van der Waals surface area contributed by atoms with E-state index < -0.39 is 0 Å². The number of likely N-dealkylation sites (N-methyl/N-ethyl adjacent to an activating group) is 1. The van der Waals surface area contributed by atoms with Crippen molar-refractivity contribution in [2.24, 2.45) is 23.7 Å². The van der Waals surface area contributed by atoms with Crippen LogP contribution in [0.3, 0.4) is 0 Å². The van der Waals surface area contributed by atoms with Crippen molar-refractivity contribution in [3.8, 4) is 0 Å². The highest BCUT2D eigenvalue weighted by Gasteiger charge is 2.40. The summed E-state index contributed by atoms with van der Waals surface area (Å²) in [5.74, 6) is 4.22. The lowest BCUT2D eigenvalue weighted by Crippen LogP contribution is -2.41. The molecule has 4 rings (SSSR count). The lowest BCUT2D eigenvalue weighted by Gasteiger charge is -2.29. The van der Waals surface area contributed by atoms with Crippen molar-refractivity contribution >= 4 is 0 Å². The van der Waals surface area contributed by atoms with Gasteiger partial charge in [0.2, 0.25) is 0 Å². The van der Waals surface area contributed by atoms with E-state index in [9.17, 15) is 0 Å². The molecule has 0 aromatic carbocycles. The predicted molar refractivity (Wildman–Crippen MR) is 83.7 cm³/mol. The van der Waals surface area contributed by atoms with Crippen LogP contribution < -0.4 is 5.32 Å². The molecule has 0 radical (unpaired) electrons. The highest BCUT2D eigenvalue weighted by atomic mass is 15.1. The zero-order valence-corrected chi connectivity index (χ0v) is 13.2. The summed E-state index contributed by atoms with van der Waals surface area (Å²) in [6, 6.07) is 1.65. The van der Waals surface area contributed by atoms with Gasteiger partial charge in [-0.3, -0.25) is 0 Å². The van der Waals surface area contributed by atoms with E-state index in [0.29, 0.717) is 0 Å². The van der Waals surface area contributed by atoms with Gasteiger partial charge in [0.15, 0.2) is 0 Å². The maximum atomic E-state index is 3.94. The van der Waals surface area contributed by atoms with Gasteiger partial charge in [-0.2, -0.15) is 0 Å². The fourth-order valence-corrected chi connectivity index (χ4v) is 6.02. The largest absolute Gasteiger partial charge is 0.310 e. The lowest BCUT2D eigenvalue weighted by atomic mass is 9.85. The lowest BCUT2D eigenvalue weighted by molar-refractivity contribution is 0.206. The summed E-state index contributed by atoms with van der Waals surface area (Å²) in [4.78, 5) is 2.65. The van der Waals surface area contributed by atoms with Crippen LogP contribution in [0.15, 0.2) is 0 Å². The van der Waals surface area contributed by atoms with Crippen molar-refractivity contribution < 1.29 is 0 Å². The second-order valence-electron chi connectivity index (χ2n) is 8.41. The van der Waals surface area contributed by atoms with Gasteiger partial charge >= 0.3 is 0 Å². The van der Waals surface area contributed by atoms with Crippen molar-refractivity contribution in [1.82, 2.24) is 10.2 Å². The van der Waals surface area contributed by atoms with Crippen LogP contribution in [-0.2, 0) is 0 Å². The van der Waals surface area contributed by atoms with Gasteiger partial charge in [0.1, 0.15) is 0 Å². The van der Waals surface area contributed by atoms with Crippen LogP contribution in [0.5, 0.6) is 0 Å². The van der Waals surface area contributed by atoms with E-state index in [2.05, 4.69) is 17.3 Å². The van der Waals surface area contributed by atoms with Gasteiger partial charge in [-0.25, -0.2) is 0 Å². The van der Waals surface area contributed by atoms with Crippen LogP contribution >= 0.6 is 0 Å². The Hall–Kier alpha value is -0.0800. The third kappa shape index (κ3) is 2.66. The van der Waals surface area contributed by atoms with Crippen LogP contribution in [0.25, 0.3) is 0 Å². The predicted octanol–water partition coefficient (Wildman–Crippen LogP) is 3.28. The van der Waals surface area contributed by atoms with Crippen LogP contribution in [-0.4, -0.2) is 37.1 Å². The Balaban J connectivity index is 1.25. The first-order valence-corrected chi connectivity index (χ1v) is 9.22. The molecule has 2 bridgehead atoms. The van der Waals surface area contributed by atoms with Gasteiger partial charge in [-0.1, -0.05) is 19.3 Å². The zero-order valence-electron chi connectivity index (χ0n) is 13.2. The quantitative estimate of drug-likeness (QED) is 0.848. The van der Waals surface area contributed by atoms with E-state index in [0.717, 1.165) is 35.8 Å². The highest BCUT2D eigenvalue weighted by Crippen LogP contribution is 2.48. The van der Waals surface area contributed by atoms with Crippen molar-refractivity contribution in [3.05, 3.63) is 0 Å². The molecule has 1 saturated heterocycles. The third-order valence-electron chi connectivity index (χ3n) is 6.91. The van der Waals surface area contributed by atoms with Gasteiger partial charge in [0.05, 0.1) is 0 Å². The van der Waals surface area contributed by atoms with Crippen molar-refractivity contribution in [1.29, 1.82) is 0 Å². The molecule has 6 atom stereocenters. The van der Waals surface area contributed by atoms with Gasteiger partial charge in [-0.15, -0.1) is 0 Å². The smallest absolute Gasteiger partial charge is 0.0200 e. The van der Waals surface area contributed by atoms with Crippen molar-refractivity contribution in [2.75, 3.05) is 20.1 Å². The van der Waals surface area contributed by atoms with E-state index in [1.54, 1.807) is 19.3 Å². The van der Waals surface area contributed by atoms with Gasteiger partial charge in [0.25, 0.3) is 0 Å². The molecule has 1 N–H and O–H groups in total. The normalized spacial score (nSPS) is 47.1. The number of rotatable bonds is 4. The van der Waals surface area contributed by atoms with Crippen LogP contribution in [0.1, 0.15) is 57.8 Å². The molecule has 20 heavy (non-hydrogen) atoms. The summed E-state index contributed by atoms with van der Waals surface area (Å²) in [6.45, 7) is 2.66. The Kier molecular flexibility index (Phi) is 3.80. The van der Waals surface area contributed by atoms with Crippen LogP contribution in [0.2, 0.25) is 0 Å². The molecule has 4 fully saturated rings. The number of hydrogen-bond donors (Lipinski definition) is 1. The van der Waals surface area contributed by atoms with Gasteiger partial charge in [-0.05, 0) is 69.2 Å². The summed E-state index contributed by atoms with van der Waals surface area (Å²) in [5, 5.41) is 3.94. The maximum absolute atomic E-state index is 3.94. The Bertz CT molecular complexity index is 328. The molecule has 4 aliphatic rings. The monoisotopic (exact) mass is 276 g/mol. The maximum Gasteiger partial charge on any atom is 0.0200 e. The van der Waals surface area contributed by atoms with Gasteiger partial charge in [0, 0.05) is 25.2 Å². The second-order valence-corrected chi connectivity index (χ2v) is 8.41. The molecule has 2 heteroatoms. The molecular weight excluding hydrogens is 244 g/mol. The molecule has 0 aromatic heterocycles. The van der Waals surface area contributed by atoms with Crippen molar-refractivity contribution in [3.63, 3.8) is 0 Å². The standard InChI is InChI=1S/C18H32N2/c1-20(11-16-9-13-6-7-14(16)8-13)12-17-10-15-4-2-3-5-18(15)19-17/h13-19H,2-12H2,1H3. The third-order valence-corrected chi connectivity index (χ3v) is 6.91. The van der Waals surface area contributed by atoms with Gasteiger partial charge < -0.3 is 10.2 Å². The molecule has 114 valence electrons. The van der Waals surface area contributed by atoms with E-state index in [1.165, 1.54) is 51.6 Å². The van der Waals surface area contributed by atoms with E-state index in [1.807, 2.05) is 0 Å². The Morgan fingerprint density at radius 2 is 1.80 bits per heavy atom. The molecule has 0 aromatic rings.